The smallest absolute Gasteiger partial charge is 0.205 e. The Labute approximate surface area is 203 Å². The van der Waals surface area contributed by atoms with Gasteiger partial charge in [0.25, 0.3) is 0 Å². The van der Waals surface area contributed by atoms with Crippen LogP contribution in [0.2, 0.25) is 0 Å². The van der Waals surface area contributed by atoms with Crippen molar-refractivity contribution in [2.45, 2.75) is 124 Å². The van der Waals surface area contributed by atoms with Gasteiger partial charge in [0.1, 0.15) is 5.75 Å². The predicted molar refractivity (Wildman–Crippen MR) is 136 cm³/mol. The summed E-state index contributed by atoms with van der Waals surface area (Å²) in [5.74, 6) is 4.91. The van der Waals surface area contributed by atoms with Crippen LogP contribution in [0.3, 0.4) is 0 Å². The quantitative estimate of drug-likeness (QED) is 0.385. The van der Waals surface area contributed by atoms with E-state index < -0.39 is 0 Å². The highest BCUT2D eigenvalue weighted by atomic mass is 16.7. The second kappa shape index (κ2) is 9.21. The van der Waals surface area contributed by atoms with Gasteiger partial charge < -0.3 is 9.47 Å². The van der Waals surface area contributed by atoms with Crippen LogP contribution in [0.5, 0.6) is 5.75 Å². The van der Waals surface area contributed by atoms with Crippen molar-refractivity contribution in [3.8, 4) is 5.75 Å². The van der Waals surface area contributed by atoms with E-state index in [1.165, 1.54) is 76.2 Å². The summed E-state index contributed by atoms with van der Waals surface area (Å²) in [6, 6.07) is 9.10. The zero-order valence-electron chi connectivity index (χ0n) is 21.9. The first-order valence-electron chi connectivity index (χ1n) is 14.1. The number of rotatable bonds is 7. The van der Waals surface area contributed by atoms with E-state index in [4.69, 9.17) is 9.47 Å². The number of benzene rings is 1. The molecule has 0 aromatic heterocycles. The highest BCUT2D eigenvalue weighted by molar-refractivity contribution is 5.31. The Balaban J connectivity index is 1.37. The van der Waals surface area contributed by atoms with Crippen LogP contribution in [0.1, 0.15) is 117 Å². The summed E-state index contributed by atoms with van der Waals surface area (Å²) in [6.07, 6.45) is 15.1. The second-order valence-electron chi connectivity index (χ2n) is 13.8. The Morgan fingerprint density at radius 3 is 1.85 bits per heavy atom. The van der Waals surface area contributed by atoms with E-state index in [-0.39, 0.29) is 17.1 Å². The van der Waals surface area contributed by atoms with Crippen LogP contribution in [-0.2, 0) is 4.74 Å². The van der Waals surface area contributed by atoms with Crippen molar-refractivity contribution in [1.29, 1.82) is 0 Å². The molecule has 1 aromatic rings. The SMILES string of the molecule is CC(C)C(c1ccc(OC(OC2CCCCC2)C23CC4CC(CC(C4)C2)C3)cc1)C(C)(C)C. The van der Waals surface area contributed by atoms with Gasteiger partial charge >= 0.3 is 0 Å². The Bertz CT molecular complexity index is 745. The minimum atomic E-state index is -0.0663. The topological polar surface area (TPSA) is 18.5 Å². The van der Waals surface area contributed by atoms with Crippen molar-refractivity contribution in [2.75, 3.05) is 0 Å². The minimum absolute atomic E-state index is 0.0663. The molecule has 0 spiro atoms. The lowest BCUT2D eigenvalue weighted by molar-refractivity contribution is -0.236. The summed E-state index contributed by atoms with van der Waals surface area (Å²) >= 11 is 0. The third-order valence-electron chi connectivity index (χ3n) is 9.54. The van der Waals surface area contributed by atoms with Crippen LogP contribution in [0.25, 0.3) is 0 Å². The monoisotopic (exact) mass is 452 g/mol. The first kappa shape index (κ1) is 23.7. The molecule has 0 amide bonds. The van der Waals surface area contributed by atoms with E-state index >= 15 is 0 Å². The molecule has 0 saturated heterocycles. The summed E-state index contributed by atoms with van der Waals surface area (Å²) in [5.41, 5.74) is 1.93. The third-order valence-corrected chi connectivity index (χ3v) is 9.54. The second-order valence-corrected chi connectivity index (χ2v) is 13.8. The lowest BCUT2D eigenvalue weighted by Crippen LogP contribution is -2.55. The van der Waals surface area contributed by atoms with Crippen molar-refractivity contribution in [3.63, 3.8) is 0 Å². The van der Waals surface area contributed by atoms with E-state index in [1.54, 1.807) is 0 Å². The first-order chi connectivity index (χ1) is 15.7. The average Bonchev–Trinajstić information content (AvgIpc) is 2.73. The van der Waals surface area contributed by atoms with Crippen LogP contribution in [0.4, 0.5) is 0 Å². The van der Waals surface area contributed by atoms with Crippen molar-refractivity contribution < 1.29 is 9.47 Å². The van der Waals surface area contributed by atoms with Crippen LogP contribution in [-0.4, -0.2) is 12.4 Å². The molecule has 2 atom stereocenters. The Kier molecular flexibility index (Phi) is 6.62. The normalized spacial score (nSPS) is 33.9. The van der Waals surface area contributed by atoms with Crippen molar-refractivity contribution in [2.24, 2.45) is 34.5 Å². The minimum Gasteiger partial charge on any atom is -0.464 e. The van der Waals surface area contributed by atoms with Crippen molar-refractivity contribution in [3.05, 3.63) is 29.8 Å². The van der Waals surface area contributed by atoms with Gasteiger partial charge in [-0.2, -0.15) is 0 Å². The van der Waals surface area contributed by atoms with Crippen molar-refractivity contribution >= 4 is 0 Å². The molecule has 0 radical (unpaired) electrons. The zero-order chi connectivity index (χ0) is 23.2. The third kappa shape index (κ3) is 5.02. The van der Waals surface area contributed by atoms with E-state index in [2.05, 4.69) is 58.9 Å². The van der Waals surface area contributed by atoms with Gasteiger partial charge in [-0.1, -0.05) is 66.0 Å². The van der Waals surface area contributed by atoms with Gasteiger partial charge in [0, 0.05) is 5.41 Å². The largest absolute Gasteiger partial charge is 0.464 e. The fourth-order valence-corrected chi connectivity index (χ4v) is 8.90. The molecule has 0 aliphatic heterocycles. The molecule has 33 heavy (non-hydrogen) atoms. The lowest BCUT2D eigenvalue weighted by Gasteiger charge is -2.58. The highest BCUT2D eigenvalue weighted by Gasteiger charge is 2.56. The molecule has 6 rings (SSSR count). The summed E-state index contributed by atoms with van der Waals surface area (Å²) in [6.45, 7) is 11.8. The van der Waals surface area contributed by atoms with Crippen LogP contribution in [0.15, 0.2) is 24.3 Å². The molecule has 184 valence electrons. The molecule has 4 bridgehead atoms. The molecule has 5 aliphatic carbocycles. The summed E-state index contributed by atoms with van der Waals surface area (Å²) in [4.78, 5) is 0. The molecule has 2 unspecified atom stereocenters. The van der Waals surface area contributed by atoms with Gasteiger partial charge in [-0.05, 0) is 104 Å². The van der Waals surface area contributed by atoms with Gasteiger partial charge in [0.15, 0.2) is 0 Å². The fraction of sp³-hybridized carbons (Fsp3) is 0.806. The molecular weight excluding hydrogens is 404 g/mol. The molecule has 1 aromatic carbocycles. The number of hydrogen-bond acceptors (Lipinski definition) is 2. The molecule has 0 heterocycles. The summed E-state index contributed by atoms with van der Waals surface area (Å²) in [5, 5.41) is 0. The molecule has 5 aliphatic rings. The van der Waals surface area contributed by atoms with E-state index in [9.17, 15) is 0 Å². The predicted octanol–water partition coefficient (Wildman–Crippen LogP) is 8.74. The van der Waals surface area contributed by atoms with Crippen LogP contribution < -0.4 is 4.74 Å². The number of ether oxygens (including phenoxy) is 2. The molecule has 5 saturated carbocycles. The van der Waals surface area contributed by atoms with E-state index in [0.29, 0.717) is 17.9 Å². The Morgan fingerprint density at radius 1 is 0.818 bits per heavy atom. The van der Waals surface area contributed by atoms with Crippen molar-refractivity contribution in [1.82, 2.24) is 0 Å². The molecule has 2 nitrogen and oxygen atoms in total. The van der Waals surface area contributed by atoms with Gasteiger partial charge in [0.2, 0.25) is 6.29 Å². The molecule has 0 N–H and O–H groups in total. The maximum absolute atomic E-state index is 6.93. The molecule has 5 fully saturated rings. The molecule has 2 heteroatoms. The first-order valence-corrected chi connectivity index (χ1v) is 14.1. The number of hydrogen-bond donors (Lipinski definition) is 0. The summed E-state index contributed by atoms with van der Waals surface area (Å²) < 4.78 is 13.8. The zero-order valence-corrected chi connectivity index (χ0v) is 21.9. The Morgan fingerprint density at radius 2 is 1.36 bits per heavy atom. The Hall–Kier alpha value is -1.02. The maximum atomic E-state index is 6.93. The maximum Gasteiger partial charge on any atom is 0.205 e. The standard InChI is InChI=1S/C31H48O2/c1-21(2)28(30(3,4)5)25-11-13-27(14-12-25)33-29(32-26-9-7-6-8-10-26)31-18-22-15-23(19-31)17-24(16-22)20-31/h11-14,21-24,26,28-29H,6-10,15-20H2,1-5H3. The van der Waals surface area contributed by atoms with E-state index in [1.807, 2.05) is 0 Å². The lowest BCUT2D eigenvalue weighted by atomic mass is 9.49. The van der Waals surface area contributed by atoms with Gasteiger partial charge in [-0.25, -0.2) is 0 Å². The summed E-state index contributed by atoms with van der Waals surface area (Å²) in [7, 11) is 0. The average molecular weight is 453 g/mol. The fourth-order valence-electron chi connectivity index (χ4n) is 8.90. The van der Waals surface area contributed by atoms with Gasteiger partial charge in [-0.3, -0.25) is 0 Å². The van der Waals surface area contributed by atoms with Gasteiger partial charge in [-0.15, -0.1) is 0 Å². The molecular formula is C31H48O2. The van der Waals surface area contributed by atoms with Crippen LogP contribution >= 0.6 is 0 Å². The van der Waals surface area contributed by atoms with Gasteiger partial charge in [0.05, 0.1) is 6.10 Å². The van der Waals surface area contributed by atoms with E-state index in [0.717, 1.165) is 23.5 Å². The highest BCUT2D eigenvalue weighted by Crippen LogP contribution is 2.62. The van der Waals surface area contributed by atoms with Crippen LogP contribution in [0, 0.1) is 34.5 Å².